The van der Waals surface area contributed by atoms with Crippen molar-refractivity contribution >= 4 is 15.9 Å². The van der Waals surface area contributed by atoms with E-state index in [1.165, 1.54) is 0 Å². The summed E-state index contributed by atoms with van der Waals surface area (Å²) < 4.78 is 16.2. The molecular weight excluding hydrogens is 308 g/mol. The normalized spacial score (nSPS) is 13.0. The molecule has 0 bridgehead atoms. The second kappa shape index (κ2) is 6.51. The lowest BCUT2D eigenvalue weighted by Gasteiger charge is -2.25. The number of halogens is 1. The molecule has 1 unspecified atom stereocenters. The van der Waals surface area contributed by atoms with Crippen molar-refractivity contribution in [3.8, 4) is 17.2 Å². The zero-order valence-electron chi connectivity index (χ0n) is 12.5. The molecule has 1 rings (SSSR count). The Hall–Kier alpha value is -0.900. The molecule has 0 aromatic heterocycles. The minimum atomic E-state index is 0.170. The van der Waals surface area contributed by atoms with E-state index in [1.807, 2.05) is 12.1 Å². The Kier molecular flexibility index (Phi) is 5.53. The Morgan fingerprint density at radius 3 is 1.79 bits per heavy atom. The molecular formula is C15H23BrO3. The molecule has 19 heavy (non-hydrogen) atoms. The average Bonchev–Trinajstić information content (AvgIpc) is 2.34. The summed E-state index contributed by atoms with van der Waals surface area (Å²) in [6.07, 6.45) is 0.978. The maximum absolute atomic E-state index is 5.48. The first-order chi connectivity index (χ1) is 8.82. The van der Waals surface area contributed by atoms with Gasteiger partial charge in [0, 0.05) is 17.0 Å². The third-order valence-corrected chi connectivity index (χ3v) is 3.64. The van der Waals surface area contributed by atoms with Gasteiger partial charge in [-0.1, -0.05) is 36.7 Å². The van der Waals surface area contributed by atoms with Gasteiger partial charge in [0.25, 0.3) is 0 Å². The van der Waals surface area contributed by atoms with Gasteiger partial charge in [0.15, 0.2) is 0 Å². The minimum absolute atomic E-state index is 0.170. The van der Waals surface area contributed by atoms with Crippen LogP contribution in [0.15, 0.2) is 12.1 Å². The molecule has 0 spiro atoms. The fourth-order valence-corrected chi connectivity index (χ4v) is 3.40. The van der Waals surface area contributed by atoms with Crippen molar-refractivity contribution in [1.29, 1.82) is 0 Å². The molecule has 0 aliphatic rings. The number of ether oxygens (including phenoxy) is 3. The predicted molar refractivity (Wildman–Crippen MR) is 81.8 cm³/mol. The number of benzene rings is 1. The van der Waals surface area contributed by atoms with Crippen LogP contribution in [0.1, 0.15) is 37.6 Å². The standard InChI is InChI=1S/C15H23BrO3/c1-15(2,3)9-11(16)14-12(18-5)7-10(17-4)8-13(14)19-6/h7-8,11H,9H2,1-6H3. The number of alkyl halides is 1. The van der Waals surface area contributed by atoms with Gasteiger partial charge in [0.2, 0.25) is 0 Å². The van der Waals surface area contributed by atoms with Gasteiger partial charge < -0.3 is 14.2 Å². The maximum Gasteiger partial charge on any atom is 0.130 e. The Bertz CT molecular complexity index is 399. The average molecular weight is 331 g/mol. The Morgan fingerprint density at radius 1 is 1.00 bits per heavy atom. The molecule has 0 radical (unpaired) electrons. The molecule has 0 fully saturated rings. The minimum Gasteiger partial charge on any atom is -0.496 e. The van der Waals surface area contributed by atoms with Crippen molar-refractivity contribution in [1.82, 2.24) is 0 Å². The van der Waals surface area contributed by atoms with E-state index in [4.69, 9.17) is 14.2 Å². The van der Waals surface area contributed by atoms with Crippen LogP contribution in [0.2, 0.25) is 0 Å². The fourth-order valence-electron chi connectivity index (χ4n) is 1.98. The highest BCUT2D eigenvalue weighted by atomic mass is 79.9. The van der Waals surface area contributed by atoms with E-state index >= 15 is 0 Å². The molecule has 108 valence electrons. The molecule has 1 atom stereocenters. The quantitative estimate of drug-likeness (QED) is 0.739. The van der Waals surface area contributed by atoms with Crippen LogP contribution in [0.25, 0.3) is 0 Å². The van der Waals surface area contributed by atoms with Crippen LogP contribution in [0.4, 0.5) is 0 Å². The summed E-state index contributed by atoms with van der Waals surface area (Å²) in [6.45, 7) is 6.64. The van der Waals surface area contributed by atoms with Gasteiger partial charge in [-0.15, -0.1) is 0 Å². The van der Waals surface area contributed by atoms with Crippen molar-refractivity contribution in [2.45, 2.75) is 32.0 Å². The maximum atomic E-state index is 5.48. The SMILES string of the molecule is COc1cc(OC)c(C(Br)CC(C)(C)C)c(OC)c1. The number of hydrogen-bond donors (Lipinski definition) is 0. The van der Waals surface area contributed by atoms with Crippen LogP contribution in [0, 0.1) is 5.41 Å². The van der Waals surface area contributed by atoms with E-state index in [1.54, 1.807) is 21.3 Å². The zero-order chi connectivity index (χ0) is 14.6. The molecule has 0 amide bonds. The monoisotopic (exact) mass is 330 g/mol. The molecule has 0 heterocycles. The van der Waals surface area contributed by atoms with Crippen molar-refractivity contribution < 1.29 is 14.2 Å². The third-order valence-electron chi connectivity index (χ3n) is 2.86. The van der Waals surface area contributed by atoms with Crippen molar-refractivity contribution in [2.24, 2.45) is 5.41 Å². The number of rotatable bonds is 5. The first-order valence-corrected chi connectivity index (χ1v) is 7.18. The molecule has 0 N–H and O–H groups in total. The summed E-state index contributed by atoms with van der Waals surface area (Å²) in [4.78, 5) is 0.170. The Labute approximate surface area is 124 Å². The number of methoxy groups -OCH3 is 3. The highest BCUT2D eigenvalue weighted by molar-refractivity contribution is 9.09. The lowest BCUT2D eigenvalue weighted by atomic mass is 9.88. The highest BCUT2D eigenvalue weighted by Crippen LogP contribution is 2.46. The van der Waals surface area contributed by atoms with Gasteiger partial charge in [-0.2, -0.15) is 0 Å². The van der Waals surface area contributed by atoms with E-state index in [-0.39, 0.29) is 10.2 Å². The van der Waals surface area contributed by atoms with Crippen molar-refractivity contribution in [3.63, 3.8) is 0 Å². The van der Waals surface area contributed by atoms with Crippen LogP contribution in [-0.2, 0) is 0 Å². The summed E-state index contributed by atoms with van der Waals surface area (Å²) in [7, 11) is 4.96. The summed E-state index contributed by atoms with van der Waals surface area (Å²) >= 11 is 3.75. The van der Waals surface area contributed by atoms with Gasteiger partial charge in [-0.3, -0.25) is 0 Å². The van der Waals surface area contributed by atoms with Gasteiger partial charge in [-0.05, 0) is 11.8 Å². The van der Waals surface area contributed by atoms with Crippen LogP contribution in [-0.4, -0.2) is 21.3 Å². The molecule has 3 nitrogen and oxygen atoms in total. The summed E-state index contributed by atoms with van der Waals surface area (Å²) in [5.41, 5.74) is 1.24. The third kappa shape index (κ3) is 4.30. The van der Waals surface area contributed by atoms with Gasteiger partial charge >= 0.3 is 0 Å². The molecule has 0 saturated carbocycles. The smallest absolute Gasteiger partial charge is 0.130 e. The lowest BCUT2D eigenvalue weighted by molar-refractivity contribution is 0.349. The summed E-state index contributed by atoms with van der Waals surface area (Å²) in [5.74, 6) is 2.29. The van der Waals surface area contributed by atoms with Crippen LogP contribution in [0.3, 0.4) is 0 Å². The zero-order valence-corrected chi connectivity index (χ0v) is 14.1. The van der Waals surface area contributed by atoms with E-state index in [0.717, 1.165) is 29.2 Å². The Balaban J connectivity index is 3.23. The topological polar surface area (TPSA) is 27.7 Å². The molecule has 1 aromatic carbocycles. The molecule has 4 heteroatoms. The Morgan fingerprint density at radius 2 is 1.47 bits per heavy atom. The van der Waals surface area contributed by atoms with E-state index in [0.29, 0.717) is 0 Å². The largest absolute Gasteiger partial charge is 0.496 e. The first-order valence-electron chi connectivity index (χ1n) is 6.26. The van der Waals surface area contributed by atoms with Crippen LogP contribution in [0.5, 0.6) is 17.2 Å². The first kappa shape index (κ1) is 16.2. The van der Waals surface area contributed by atoms with Crippen LogP contribution >= 0.6 is 15.9 Å². The van der Waals surface area contributed by atoms with Crippen molar-refractivity contribution in [3.05, 3.63) is 17.7 Å². The molecule has 0 aliphatic heterocycles. The van der Waals surface area contributed by atoms with Gasteiger partial charge in [0.1, 0.15) is 17.2 Å². The van der Waals surface area contributed by atoms with E-state index in [2.05, 4.69) is 36.7 Å². The van der Waals surface area contributed by atoms with Gasteiger partial charge in [0.05, 0.1) is 26.9 Å². The number of hydrogen-bond acceptors (Lipinski definition) is 3. The molecule has 0 aliphatic carbocycles. The van der Waals surface area contributed by atoms with E-state index < -0.39 is 0 Å². The van der Waals surface area contributed by atoms with Crippen LogP contribution < -0.4 is 14.2 Å². The second-order valence-corrected chi connectivity index (χ2v) is 6.78. The molecule has 1 aromatic rings. The van der Waals surface area contributed by atoms with Crippen molar-refractivity contribution in [2.75, 3.05) is 21.3 Å². The fraction of sp³-hybridized carbons (Fsp3) is 0.600. The highest BCUT2D eigenvalue weighted by Gasteiger charge is 2.24. The molecule has 0 saturated heterocycles. The summed E-state index contributed by atoms with van der Waals surface area (Å²) in [5, 5.41) is 0. The van der Waals surface area contributed by atoms with E-state index in [9.17, 15) is 0 Å². The second-order valence-electron chi connectivity index (χ2n) is 5.68. The summed E-state index contributed by atoms with van der Waals surface area (Å²) in [6, 6.07) is 3.77. The van der Waals surface area contributed by atoms with Gasteiger partial charge in [-0.25, -0.2) is 0 Å². The predicted octanol–water partition coefficient (Wildman–Crippen LogP) is 4.58. The lowest BCUT2D eigenvalue weighted by Crippen LogP contribution is -2.10.